The molecule has 0 radical (unpaired) electrons. The summed E-state index contributed by atoms with van der Waals surface area (Å²) in [7, 11) is -2.33. The second-order valence-electron chi connectivity index (χ2n) is 7.43. The van der Waals surface area contributed by atoms with Crippen LogP contribution in [0.3, 0.4) is 0 Å². The fourth-order valence-corrected chi connectivity index (χ4v) is 5.48. The number of hydrogen-bond donors (Lipinski definition) is 1. The number of amides is 1. The van der Waals surface area contributed by atoms with Crippen LogP contribution in [0.4, 0.5) is 0 Å². The molecular weight excluding hydrogens is 424 g/mol. The molecule has 2 aromatic rings. The van der Waals surface area contributed by atoms with Crippen molar-refractivity contribution >= 4 is 27.5 Å². The molecule has 6 nitrogen and oxygen atoms in total. The zero-order valence-electron chi connectivity index (χ0n) is 17.2. The van der Waals surface area contributed by atoms with E-state index in [-0.39, 0.29) is 28.2 Å². The lowest BCUT2D eigenvalue weighted by Crippen LogP contribution is -2.32. The second-order valence-corrected chi connectivity index (χ2v) is 9.78. The molecule has 1 amide bonds. The summed E-state index contributed by atoms with van der Waals surface area (Å²) < 4.78 is 33.3. The van der Waals surface area contributed by atoms with Gasteiger partial charge in [-0.1, -0.05) is 36.6 Å². The molecule has 0 bridgehead atoms. The summed E-state index contributed by atoms with van der Waals surface area (Å²) in [5, 5.41) is 3.49. The van der Waals surface area contributed by atoms with Crippen LogP contribution < -0.4 is 10.1 Å². The van der Waals surface area contributed by atoms with Crippen LogP contribution in [-0.2, 0) is 10.0 Å². The molecule has 1 aliphatic rings. The Bertz CT molecular complexity index is 1000. The predicted molar refractivity (Wildman–Crippen MR) is 118 cm³/mol. The fraction of sp³-hybridized carbons (Fsp3) is 0.409. The standard InChI is InChI=1S/C22H27ClN2O4S/c1-16(17-8-7-9-19(23)14-17)24-22(26)18-10-11-20(29-2)21(15-18)30(27,28)25-12-5-3-4-6-13-25/h7-11,14-16H,3-6,12-13H2,1-2H3,(H,24,26). The Kier molecular flexibility index (Phi) is 7.39. The van der Waals surface area contributed by atoms with Crippen molar-refractivity contribution < 1.29 is 17.9 Å². The molecule has 0 aliphatic carbocycles. The lowest BCUT2D eigenvalue weighted by Gasteiger charge is -2.22. The Morgan fingerprint density at radius 3 is 2.43 bits per heavy atom. The van der Waals surface area contributed by atoms with Gasteiger partial charge in [0.2, 0.25) is 10.0 Å². The third-order valence-electron chi connectivity index (χ3n) is 5.30. The van der Waals surface area contributed by atoms with Crippen LogP contribution in [0, 0.1) is 0 Å². The number of benzene rings is 2. The Morgan fingerprint density at radius 1 is 1.10 bits per heavy atom. The van der Waals surface area contributed by atoms with Crippen molar-refractivity contribution in [3.63, 3.8) is 0 Å². The van der Waals surface area contributed by atoms with E-state index in [0.717, 1.165) is 31.2 Å². The third kappa shape index (κ3) is 5.14. The van der Waals surface area contributed by atoms with Crippen molar-refractivity contribution in [1.29, 1.82) is 0 Å². The van der Waals surface area contributed by atoms with E-state index in [1.807, 2.05) is 19.1 Å². The summed E-state index contributed by atoms with van der Waals surface area (Å²) in [6.07, 6.45) is 3.71. The molecule has 0 spiro atoms. The minimum atomic E-state index is -3.76. The van der Waals surface area contributed by atoms with E-state index < -0.39 is 10.0 Å². The maximum absolute atomic E-state index is 13.3. The molecule has 1 aliphatic heterocycles. The topological polar surface area (TPSA) is 75.7 Å². The van der Waals surface area contributed by atoms with Crippen LogP contribution in [-0.4, -0.2) is 38.8 Å². The number of methoxy groups -OCH3 is 1. The monoisotopic (exact) mass is 450 g/mol. The van der Waals surface area contributed by atoms with Gasteiger partial charge in [-0.25, -0.2) is 8.42 Å². The van der Waals surface area contributed by atoms with E-state index in [1.54, 1.807) is 18.2 Å². The molecule has 0 saturated carbocycles. The molecule has 162 valence electrons. The zero-order valence-corrected chi connectivity index (χ0v) is 18.8. The summed E-state index contributed by atoms with van der Waals surface area (Å²) in [4.78, 5) is 12.9. The van der Waals surface area contributed by atoms with Gasteiger partial charge in [-0.05, 0) is 55.7 Å². The van der Waals surface area contributed by atoms with Gasteiger partial charge >= 0.3 is 0 Å². The highest BCUT2D eigenvalue weighted by molar-refractivity contribution is 7.89. The van der Waals surface area contributed by atoms with Crippen molar-refractivity contribution in [3.8, 4) is 5.75 Å². The molecule has 3 rings (SSSR count). The number of sulfonamides is 1. The van der Waals surface area contributed by atoms with Crippen molar-refractivity contribution in [2.45, 2.75) is 43.5 Å². The number of carbonyl (C=O) groups is 1. The van der Waals surface area contributed by atoms with Crippen LogP contribution in [0.5, 0.6) is 5.75 Å². The number of nitrogens with zero attached hydrogens (tertiary/aromatic N) is 1. The van der Waals surface area contributed by atoms with Gasteiger partial charge in [0.05, 0.1) is 13.2 Å². The van der Waals surface area contributed by atoms with Crippen molar-refractivity contribution in [2.75, 3.05) is 20.2 Å². The molecule has 1 heterocycles. The Morgan fingerprint density at radius 2 is 1.80 bits per heavy atom. The normalized spacial score (nSPS) is 16.5. The van der Waals surface area contributed by atoms with Crippen molar-refractivity contribution in [2.24, 2.45) is 0 Å². The molecule has 2 aromatic carbocycles. The van der Waals surface area contributed by atoms with Gasteiger partial charge in [-0.15, -0.1) is 0 Å². The Balaban J connectivity index is 1.87. The molecule has 1 atom stereocenters. The van der Waals surface area contributed by atoms with E-state index in [9.17, 15) is 13.2 Å². The maximum Gasteiger partial charge on any atom is 0.251 e. The van der Waals surface area contributed by atoms with Gasteiger partial charge in [0.1, 0.15) is 10.6 Å². The zero-order chi connectivity index (χ0) is 21.7. The van der Waals surface area contributed by atoms with Gasteiger partial charge in [-0.3, -0.25) is 4.79 Å². The average Bonchev–Trinajstić information content (AvgIpc) is 3.03. The smallest absolute Gasteiger partial charge is 0.251 e. The van der Waals surface area contributed by atoms with E-state index in [4.69, 9.17) is 16.3 Å². The highest BCUT2D eigenvalue weighted by Crippen LogP contribution is 2.29. The van der Waals surface area contributed by atoms with Crippen LogP contribution in [0.1, 0.15) is 54.6 Å². The Hall–Kier alpha value is -2.09. The first-order valence-electron chi connectivity index (χ1n) is 10.1. The minimum Gasteiger partial charge on any atom is -0.495 e. The van der Waals surface area contributed by atoms with E-state index >= 15 is 0 Å². The molecule has 1 saturated heterocycles. The lowest BCUT2D eigenvalue weighted by atomic mass is 10.1. The quantitative estimate of drug-likeness (QED) is 0.707. The molecular formula is C22H27ClN2O4S. The second kappa shape index (κ2) is 9.81. The summed E-state index contributed by atoms with van der Waals surface area (Å²) >= 11 is 6.03. The maximum atomic E-state index is 13.3. The van der Waals surface area contributed by atoms with Crippen LogP contribution in [0.2, 0.25) is 5.02 Å². The van der Waals surface area contributed by atoms with Crippen LogP contribution >= 0.6 is 11.6 Å². The molecule has 30 heavy (non-hydrogen) atoms. The molecule has 1 fully saturated rings. The summed E-state index contributed by atoms with van der Waals surface area (Å²) in [5.74, 6) is -0.129. The van der Waals surface area contributed by atoms with Crippen LogP contribution in [0.15, 0.2) is 47.4 Å². The fourth-order valence-electron chi connectivity index (χ4n) is 3.58. The van der Waals surface area contributed by atoms with E-state index in [0.29, 0.717) is 18.1 Å². The largest absolute Gasteiger partial charge is 0.495 e. The number of rotatable bonds is 6. The molecule has 0 aromatic heterocycles. The van der Waals surface area contributed by atoms with E-state index in [1.165, 1.54) is 23.5 Å². The van der Waals surface area contributed by atoms with Gasteiger partial charge in [0, 0.05) is 23.7 Å². The van der Waals surface area contributed by atoms with Gasteiger partial charge in [0.15, 0.2) is 0 Å². The van der Waals surface area contributed by atoms with Crippen molar-refractivity contribution in [1.82, 2.24) is 9.62 Å². The first-order chi connectivity index (χ1) is 14.3. The molecule has 1 N–H and O–H groups in total. The SMILES string of the molecule is COc1ccc(C(=O)NC(C)c2cccc(Cl)c2)cc1S(=O)(=O)N1CCCCCC1. The summed E-state index contributed by atoms with van der Waals surface area (Å²) in [5.41, 5.74) is 1.12. The number of nitrogens with one attached hydrogen (secondary N) is 1. The first-order valence-corrected chi connectivity index (χ1v) is 11.9. The highest BCUT2D eigenvalue weighted by atomic mass is 35.5. The minimum absolute atomic E-state index is 0.0231. The van der Waals surface area contributed by atoms with E-state index in [2.05, 4.69) is 5.32 Å². The van der Waals surface area contributed by atoms with Gasteiger partial charge in [-0.2, -0.15) is 4.31 Å². The molecule has 8 heteroatoms. The summed E-state index contributed by atoms with van der Waals surface area (Å²) in [6.45, 7) is 2.81. The predicted octanol–water partition coefficient (Wildman–Crippen LogP) is 4.40. The van der Waals surface area contributed by atoms with Crippen LogP contribution in [0.25, 0.3) is 0 Å². The number of halogens is 1. The first kappa shape index (κ1) is 22.6. The van der Waals surface area contributed by atoms with Crippen molar-refractivity contribution in [3.05, 3.63) is 58.6 Å². The number of hydrogen-bond acceptors (Lipinski definition) is 4. The summed E-state index contributed by atoms with van der Waals surface area (Å²) in [6, 6.07) is 11.5. The number of carbonyl (C=O) groups excluding carboxylic acids is 1. The number of ether oxygens (including phenoxy) is 1. The third-order valence-corrected chi connectivity index (χ3v) is 7.46. The lowest BCUT2D eigenvalue weighted by molar-refractivity contribution is 0.0939. The highest BCUT2D eigenvalue weighted by Gasteiger charge is 2.29. The average molecular weight is 451 g/mol. The van der Waals surface area contributed by atoms with Gasteiger partial charge in [0.25, 0.3) is 5.91 Å². The Labute approximate surface area is 183 Å². The van der Waals surface area contributed by atoms with Gasteiger partial charge < -0.3 is 10.1 Å². The molecule has 1 unspecified atom stereocenters.